The SMILES string of the molecule is C=C(C)/C=C(\NC(=C)C)c1ccccc1. The van der Waals surface area contributed by atoms with Crippen molar-refractivity contribution in [3.05, 3.63) is 66.4 Å². The summed E-state index contributed by atoms with van der Waals surface area (Å²) in [5.74, 6) is 0. The highest BCUT2D eigenvalue weighted by Gasteiger charge is 1.99. The van der Waals surface area contributed by atoms with E-state index in [0.717, 1.165) is 22.5 Å². The quantitative estimate of drug-likeness (QED) is 0.729. The van der Waals surface area contributed by atoms with Crippen LogP contribution in [0.4, 0.5) is 0 Å². The summed E-state index contributed by atoms with van der Waals surface area (Å²) in [6.07, 6.45) is 2.02. The van der Waals surface area contributed by atoms with Crippen molar-refractivity contribution in [2.75, 3.05) is 0 Å². The van der Waals surface area contributed by atoms with E-state index in [0.29, 0.717) is 0 Å². The van der Waals surface area contributed by atoms with Crippen LogP contribution >= 0.6 is 0 Å². The van der Waals surface area contributed by atoms with Gasteiger partial charge in [0.25, 0.3) is 0 Å². The van der Waals surface area contributed by atoms with Crippen LogP contribution in [0.25, 0.3) is 5.70 Å². The average molecular weight is 199 g/mol. The van der Waals surface area contributed by atoms with Crippen molar-refractivity contribution in [3.8, 4) is 0 Å². The number of hydrogen-bond acceptors (Lipinski definition) is 1. The zero-order chi connectivity index (χ0) is 11.3. The highest BCUT2D eigenvalue weighted by atomic mass is 14.9. The smallest absolute Gasteiger partial charge is 0.0457 e. The lowest BCUT2D eigenvalue weighted by Gasteiger charge is -2.11. The first kappa shape index (κ1) is 11.3. The number of hydrogen-bond donors (Lipinski definition) is 1. The van der Waals surface area contributed by atoms with E-state index in [-0.39, 0.29) is 0 Å². The fourth-order valence-corrected chi connectivity index (χ4v) is 1.29. The predicted molar refractivity (Wildman–Crippen MR) is 67.2 cm³/mol. The highest BCUT2D eigenvalue weighted by Crippen LogP contribution is 2.14. The molecule has 0 bridgehead atoms. The maximum Gasteiger partial charge on any atom is 0.0457 e. The molecule has 0 aliphatic carbocycles. The third-order valence-electron chi connectivity index (χ3n) is 1.82. The van der Waals surface area contributed by atoms with Gasteiger partial charge in [-0.05, 0) is 25.5 Å². The molecule has 1 aromatic carbocycles. The molecule has 0 unspecified atom stereocenters. The first-order valence-corrected chi connectivity index (χ1v) is 4.95. The normalized spacial score (nSPS) is 10.9. The zero-order valence-electron chi connectivity index (χ0n) is 9.38. The van der Waals surface area contributed by atoms with Crippen LogP contribution in [0.5, 0.6) is 0 Å². The minimum Gasteiger partial charge on any atom is -0.359 e. The average Bonchev–Trinajstić information content (AvgIpc) is 2.17. The van der Waals surface area contributed by atoms with Crippen molar-refractivity contribution in [2.24, 2.45) is 0 Å². The van der Waals surface area contributed by atoms with Gasteiger partial charge in [-0.25, -0.2) is 0 Å². The lowest BCUT2D eigenvalue weighted by Crippen LogP contribution is -2.08. The Kier molecular flexibility index (Phi) is 3.92. The van der Waals surface area contributed by atoms with E-state index in [9.17, 15) is 0 Å². The summed E-state index contributed by atoms with van der Waals surface area (Å²) < 4.78 is 0. The lowest BCUT2D eigenvalue weighted by atomic mass is 10.1. The van der Waals surface area contributed by atoms with Crippen LogP contribution in [0.2, 0.25) is 0 Å². The Morgan fingerprint density at radius 2 is 1.73 bits per heavy atom. The molecule has 1 nitrogen and oxygen atoms in total. The molecule has 0 aliphatic rings. The molecule has 0 spiro atoms. The van der Waals surface area contributed by atoms with E-state index < -0.39 is 0 Å². The van der Waals surface area contributed by atoms with E-state index in [4.69, 9.17) is 0 Å². The largest absolute Gasteiger partial charge is 0.359 e. The third-order valence-corrected chi connectivity index (χ3v) is 1.82. The van der Waals surface area contributed by atoms with Crippen LogP contribution in [0.15, 0.2) is 60.8 Å². The Bertz CT molecular complexity index is 385. The fraction of sp³-hybridized carbons (Fsp3) is 0.143. The molecule has 1 heteroatoms. The van der Waals surface area contributed by atoms with Crippen molar-refractivity contribution in [3.63, 3.8) is 0 Å². The van der Waals surface area contributed by atoms with Gasteiger partial charge >= 0.3 is 0 Å². The van der Waals surface area contributed by atoms with E-state index >= 15 is 0 Å². The highest BCUT2D eigenvalue weighted by molar-refractivity contribution is 5.67. The fourth-order valence-electron chi connectivity index (χ4n) is 1.29. The number of benzene rings is 1. The maximum absolute atomic E-state index is 3.88. The second-order valence-corrected chi connectivity index (χ2v) is 3.68. The van der Waals surface area contributed by atoms with Crippen LogP contribution in [0.3, 0.4) is 0 Å². The molecule has 0 heterocycles. The Morgan fingerprint density at radius 3 is 2.20 bits per heavy atom. The van der Waals surface area contributed by atoms with Crippen LogP contribution in [-0.4, -0.2) is 0 Å². The van der Waals surface area contributed by atoms with Gasteiger partial charge in [0, 0.05) is 11.4 Å². The van der Waals surface area contributed by atoms with E-state index in [2.05, 4.69) is 30.6 Å². The number of rotatable bonds is 4. The van der Waals surface area contributed by atoms with Gasteiger partial charge in [0.1, 0.15) is 0 Å². The third kappa shape index (κ3) is 3.86. The van der Waals surface area contributed by atoms with E-state index in [1.807, 2.05) is 38.1 Å². The topological polar surface area (TPSA) is 12.0 Å². The minimum atomic E-state index is 0.923. The molecule has 1 N–H and O–H groups in total. The van der Waals surface area contributed by atoms with Crippen molar-refractivity contribution < 1.29 is 0 Å². The summed E-state index contributed by atoms with van der Waals surface area (Å²) in [7, 11) is 0. The van der Waals surface area contributed by atoms with Gasteiger partial charge < -0.3 is 5.32 Å². The first-order chi connectivity index (χ1) is 7.09. The van der Waals surface area contributed by atoms with Crippen LogP contribution in [0, 0.1) is 0 Å². The molecule has 0 fully saturated rings. The zero-order valence-corrected chi connectivity index (χ0v) is 9.38. The first-order valence-electron chi connectivity index (χ1n) is 4.95. The monoisotopic (exact) mass is 199 g/mol. The van der Waals surface area contributed by atoms with Crippen molar-refractivity contribution in [1.82, 2.24) is 5.32 Å². The van der Waals surface area contributed by atoms with Crippen molar-refractivity contribution in [1.29, 1.82) is 0 Å². The molecular formula is C14H17N. The van der Waals surface area contributed by atoms with Crippen molar-refractivity contribution in [2.45, 2.75) is 13.8 Å². The van der Waals surface area contributed by atoms with Crippen LogP contribution in [-0.2, 0) is 0 Å². The van der Waals surface area contributed by atoms with Crippen LogP contribution < -0.4 is 5.32 Å². The molecule has 78 valence electrons. The Hall–Kier alpha value is -1.76. The molecule has 0 aromatic heterocycles. The second-order valence-electron chi connectivity index (χ2n) is 3.68. The molecule has 1 aromatic rings. The van der Waals surface area contributed by atoms with Gasteiger partial charge in [0.2, 0.25) is 0 Å². The van der Waals surface area contributed by atoms with Gasteiger partial charge in [0.05, 0.1) is 0 Å². The summed E-state index contributed by atoms with van der Waals surface area (Å²) in [5.41, 5.74) is 4.12. The molecule has 0 saturated carbocycles. The standard InChI is InChI=1S/C14H17N/c1-11(2)10-14(15-12(3)4)13-8-6-5-7-9-13/h5-10,15H,1,3H2,2,4H3/b14-10-. The van der Waals surface area contributed by atoms with Gasteiger partial charge in [-0.1, -0.05) is 49.1 Å². The van der Waals surface area contributed by atoms with Gasteiger partial charge in [0.15, 0.2) is 0 Å². The molecule has 1 rings (SSSR count). The number of nitrogens with one attached hydrogen (secondary N) is 1. The van der Waals surface area contributed by atoms with Crippen molar-refractivity contribution >= 4 is 5.70 Å². The lowest BCUT2D eigenvalue weighted by molar-refractivity contribution is 1.09. The predicted octanol–water partition coefficient (Wildman–Crippen LogP) is 3.73. The summed E-state index contributed by atoms with van der Waals surface area (Å²) in [6.45, 7) is 11.6. The molecule has 0 amide bonds. The summed E-state index contributed by atoms with van der Waals surface area (Å²) in [5, 5.41) is 3.23. The maximum atomic E-state index is 3.88. The Morgan fingerprint density at radius 1 is 1.13 bits per heavy atom. The summed E-state index contributed by atoms with van der Waals surface area (Å²) in [4.78, 5) is 0. The second kappa shape index (κ2) is 5.20. The Labute approximate surface area is 91.8 Å². The van der Waals surface area contributed by atoms with E-state index in [1.165, 1.54) is 0 Å². The molecular weight excluding hydrogens is 182 g/mol. The number of allylic oxidation sites excluding steroid dienone is 3. The van der Waals surface area contributed by atoms with Gasteiger partial charge in [-0.2, -0.15) is 0 Å². The molecule has 0 atom stereocenters. The molecule has 0 saturated heterocycles. The minimum absolute atomic E-state index is 0.923. The molecule has 0 radical (unpaired) electrons. The summed E-state index contributed by atoms with van der Waals surface area (Å²) >= 11 is 0. The molecule has 15 heavy (non-hydrogen) atoms. The Balaban J connectivity index is 3.02. The van der Waals surface area contributed by atoms with Crippen LogP contribution in [0.1, 0.15) is 19.4 Å². The van der Waals surface area contributed by atoms with Gasteiger partial charge in [-0.3, -0.25) is 0 Å². The summed E-state index contributed by atoms with van der Waals surface area (Å²) in [6, 6.07) is 10.2. The molecule has 0 aliphatic heterocycles. The van der Waals surface area contributed by atoms with E-state index in [1.54, 1.807) is 0 Å². The van der Waals surface area contributed by atoms with Gasteiger partial charge in [-0.15, -0.1) is 0 Å².